The van der Waals surface area contributed by atoms with Gasteiger partial charge < -0.3 is 15.0 Å². The van der Waals surface area contributed by atoms with E-state index in [2.05, 4.69) is 5.32 Å². The van der Waals surface area contributed by atoms with Gasteiger partial charge in [0.05, 0.1) is 17.7 Å². The van der Waals surface area contributed by atoms with Gasteiger partial charge in [0, 0.05) is 30.9 Å². The minimum absolute atomic E-state index is 0.125. The van der Waals surface area contributed by atoms with Crippen LogP contribution in [0.3, 0.4) is 0 Å². The van der Waals surface area contributed by atoms with Crippen LogP contribution in [0.25, 0.3) is 10.8 Å². The van der Waals surface area contributed by atoms with E-state index in [1.54, 1.807) is 24.1 Å². The summed E-state index contributed by atoms with van der Waals surface area (Å²) >= 11 is 0. The Bertz CT molecular complexity index is 1480. The maximum absolute atomic E-state index is 13.7. The number of benzene rings is 3. The molecule has 1 unspecified atom stereocenters. The number of carbonyl (C=O) groups excluding carboxylic acids is 2. The Morgan fingerprint density at radius 3 is 2.42 bits per heavy atom. The largest absolute Gasteiger partial charge is 0.497 e. The van der Waals surface area contributed by atoms with Crippen LogP contribution in [0.2, 0.25) is 0 Å². The minimum atomic E-state index is -3.69. The summed E-state index contributed by atoms with van der Waals surface area (Å²) in [4.78, 5) is 29.0. The van der Waals surface area contributed by atoms with Crippen LogP contribution < -0.4 is 14.4 Å². The van der Waals surface area contributed by atoms with Crippen molar-refractivity contribution in [2.45, 2.75) is 75.4 Å². The number of sulfonamides is 1. The third-order valence-corrected chi connectivity index (χ3v) is 9.89. The molecular formula is C31H37N3O5S. The number of rotatable bonds is 11. The molecule has 0 radical (unpaired) electrons. The highest BCUT2D eigenvalue weighted by Gasteiger charge is 2.36. The molecule has 9 heteroatoms. The van der Waals surface area contributed by atoms with Gasteiger partial charge in [-0.05, 0) is 60.9 Å². The van der Waals surface area contributed by atoms with E-state index in [-0.39, 0.29) is 37.4 Å². The van der Waals surface area contributed by atoms with Crippen LogP contribution in [0.4, 0.5) is 5.69 Å². The highest BCUT2D eigenvalue weighted by atomic mass is 32.2. The van der Waals surface area contributed by atoms with Gasteiger partial charge in [0.15, 0.2) is 0 Å². The average Bonchev–Trinajstić information content (AvgIpc) is 3.54. The molecule has 1 heterocycles. The first kappa shape index (κ1) is 28.0. The van der Waals surface area contributed by atoms with Crippen molar-refractivity contribution in [3.8, 4) is 5.75 Å². The van der Waals surface area contributed by atoms with E-state index in [4.69, 9.17) is 4.74 Å². The summed E-state index contributed by atoms with van der Waals surface area (Å²) < 4.78 is 33.4. The highest BCUT2D eigenvalue weighted by Crippen LogP contribution is 2.42. The fourth-order valence-electron chi connectivity index (χ4n) is 5.93. The molecule has 1 N–H and O–H groups in total. The molecule has 2 aliphatic rings. The quantitative estimate of drug-likeness (QED) is 0.354. The molecule has 1 aliphatic carbocycles. The Labute approximate surface area is 236 Å². The van der Waals surface area contributed by atoms with Gasteiger partial charge in [0.25, 0.3) is 10.0 Å². The van der Waals surface area contributed by atoms with Crippen molar-refractivity contribution in [1.29, 1.82) is 0 Å². The van der Waals surface area contributed by atoms with Crippen LogP contribution >= 0.6 is 0 Å². The average molecular weight is 564 g/mol. The van der Waals surface area contributed by atoms with Crippen molar-refractivity contribution in [2.24, 2.45) is 0 Å². The molecular weight excluding hydrogens is 526 g/mol. The van der Waals surface area contributed by atoms with E-state index in [0.29, 0.717) is 23.4 Å². The van der Waals surface area contributed by atoms with Gasteiger partial charge in [-0.1, -0.05) is 56.2 Å². The van der Waals surface area contributed by atoms with Crippen molar-refractivity contribution in [3.63, 3.8) is 0 Å². The third kappa shape index (κ3) is 5.52. The van der Waals surface area contributed by atoms with Crippen molar-refractivity contribution in [1.82, 2.24) is 10.2 Å². The predicted molar refractivity (Wildman–Crippen MR) is 156 cm³/mol. The van der Waals surface area contributed by atoms with E-state index in [0.717, 1.165) is 47.8 Å². The molecule has 1 atom stereocenters. The number of hydrogen-bond donors (Lipinski definition) is 1. The lowest BCUT2D eigenvalue weighted by Gasteiger charge is -2.32. The minimum Gasteiger partial charge on any atom is -0.497 e. The molecule has 2 amide bonds. The van der Waals surface area contributed by atoms with Crippen LogP contribution in [0.15, 0.2) is 65.6 Å². The van der Waals surface area contributed by atoms with Crippen LogP contribution in [0, 0.1) is 0 Å². The van der Waals surface area contributed by atoms with Crippen molar-refractivity contribution < 1.29 is 22.7 Å². The zero-order valence-electron chi connectivity index (χ0n) is 23.1. The molecule has 3 aromatic carbocycles. The van der Waals surface area contributed by atoms with Crippen LogP contribution in [0.5, 0.6) is 5.75 Å². The maximum Gasteiger partial charge on any atom is 0.265 e. The van der Waals surface area contributed by atoms with Gasteiger partial charge in [0.1, 0.15) is 11.8 Å². The molecule has 0 aromatic heterocycles. The first-order chi connectivity index (χ1) is 19.3. The Morgan fingerprint density at radius 2 is 1.75 bits per heavy atom. The SMILES string of the molecule is CCC(C(=O)NC1CCCC1)N(Cc1ccc(OC)cc1)C(=O)CCCN1c2cccc3cccc(c23)S1(=O)=O. The summed E-state index contributed by atoms with van der Waals surface area (Å²) in [5.74, 6) is 0.424. The van der Waals surface area contributed by atoms with Crippen LogP contribution in [-0.2, 0) is 26.2 Å². The van der Waals surface area contributed by atoms with Crippen LogP contribution in [-0.4, -0.2) is 50.9 Å². The Kier molecular flexibility index (Phi) is 8.30. The lowest BCUT2D eigenvalue weighted by atomic mass is 10.1. The number of carbonyl (C=O) groups is 2. The van der Waals surface area contributed by atoms with Crippen molar-refractivity contribution in [2.75, 3.05) is 18.0 Å². The van der Waals surface area contributed by atoms with E-state index >= 15 is 0 Å². The number of anilines is 1. The normalized spacial score (nSPS) is 16.7. The van der Waals surface area contributed by atoms with Gasteiger partial charge in [-0.25, -0.2) is 8.42 Å². The zero-order chi connectivity index (χ0) is 28.3. The number of amides is 2. The second kappa shape index (κ2) is 11.9. The summed E-state index contributed by atoms with van der Waals surface area (Å²) in [6, 6.07) is 17.9. The van der Waals surface area contributed by atoms with Gasteiger partial charge in [0.2, 0.25) is 11.8 Å². The number of methoxy groups -OCH3 is 1. The Morgan fingerprint density at radius 1 is 1.05 bits per heavy atom. The van der Waals surface area contributed by atoms with Crippen LogP contribution in [0.1, 0.15) is 57.4 Å². The fourth-order valence-corrected chi connectivity index (χ4v) is 7.68. The highest BCUT2D eigenvalue weighted by molar-refractivity contribution is 7.93. The smallest absolute Gasteiger partial charge is 0.265 e. The number of nitrogens with zero attached hydrogens (tertiary/aromatic N) is 2. The molecule has 1 aliphatic heterocycles. The number of ether oxygens (including phenoxy) is 1. The van der Waals surface area contributed by atoms with E-state index in [1.165, 1.54) is 4.31 Å². The van der Waals surface area contributed by atoms with Gasteiger partial charge in [-0.2, -0.15) is 0 Å². The summed E-state index contributed by atoms with van der Waals surface area (Å²) in [5.41, 5.74) is 1.54. The van der Waals surface area contributed by atoms with Crippen molar-refractivity contribution in [3.05, 3.63) is 66.2 Å². The second-order valence-electron chi connectivity index (χ2n) is 10.6. The first-order valence-electron chi connectivity index (χ1n) is 14.1. The first-order valence-corrected chi connectivity index (χ1v) is 15.5. The topological polar surface area (TPSA) is 96.0 Å². The Balaban J connectivity index is 1.32. The second-order valence-corrected chi connectivity index (χ2v) is 12.4. The monoisotopic (exact) mass is 563 g/mol. The standard InChI is InChI=1S/C31H37N3O5S/c1-3-26(31(36)32-24-11-4-5-12-24)33(21-22-16-18-25(39-2)19-17-22)29(35)15-8-20-34-27-13-6-9-23-10-7-14-28(30(23)27)40(34,37)38/h6-7,9-10,13-14,16-19,24,26H,3-5,8,11-12,15,20-21H2,1-2H3,(H,32,36). The summed E-state index contributed by atoms with van der Waals surface area (Å²) in [7, 11) is -2.09. The van der Waals surface area contributed by atoms with E-state index in [9.17, 15) is 18.0 Å². The molecule has 1 saturated carbocycles. The number of nitrogens with one attached hydrogen (secondary N) is 1. The lowest BCUT2D eigenvalue weighted by molar-refractivity contribution is -0.141. The molecule has 8 nitrogen and oxygen atoms in total. The summed E-state index contributed by atoms with van der Waals surface area (Å²) in [6.45, 7) is 2.39. The predicted octanol–water partition coefficient (Wildman–Crippen LogP) is 5.00. The molecule has 3 aromatic rings. The van der Waals surface area contributed by atoms with Gasteiger partial charge >= 0.3 is 0 Å². The third-order valence-electron chi connectivity index (χ3n) is 8.03. The number of hydrogen-bond acceptors (Lipinski definition) is 5. The lowest BCUT2D eigenvalue weighted by Crippen LogP contribution is -2.51. The summed E-state index contributed by atoms with van der Waals surface area (Å²) in [5, 5.41) is 4.77. The van der Waals surface area contributed by atoms with Crippen molar-refractivity contribution >= 4 is 38.3 Å². The molecule has 0 saturated heterocycles. The molecule has 0 bridgehead atoms. The van der Waals surface area contributed by atoms with E-state index < -0.39 is 16.1 Å². The van der Waals surface area contributed by atoms with Gasteiger partial charge in [-0.15, -0.1) is 0 Å². The fraction of sp³-hybridized carbons (Fsp3) is 0.419. The Hall–Kier alpha value is -3.59. The van der Waals surface area contributed by atoms with Gasteiger partial charge in [-0.3, -0.25) is 13.9 Å². The summed E-state index contributed by atoms with van der Waals surface area (Å²) in [6.07, 6.45) is 5.09. The molecule has 5 rings (SSSR count). The molecule has 212 valence electrons. The molecule has 0 spiro atoms. The molecule has 1 fully saturated rings. The van der Waals surface area contributed by atoms with E-state index in [1.807, 2.05) is 55.5 Å². The molecule has 40 heavy (non-hydrogen) atoms. The maximum atomic E-state index is 13.7. The zero-order valence-corrected chi connectivity index (χ0v) is 24.0.